The van der Waals surface area contributed by atoms with Crippen molar-refractivity contribution in [3.8, 4) is 0 Å². The van der Waals surface area contributed by atoms with E-state index in [0.29, 0.717) is 11.8 Å². The predicted octanol–water partition coefficient (Wildman–Crippen LogP) is 5.62. The van der Waals surface area contributed by atoms with Crippen molar-refractivity contribution in [3.63, 3.8) is 0 Å². The standard InChI is InChI=1S/C23H35N3O/c1-7-13-26-21-16-19(9-10-20(21)24-22(26)8-2)23(27)25(14-11-17(3)4)15-12-18(5)6/h8-10,16-18H,2,7,11-15H2,1,3-6H3. The van der Waals surface area contributed by atoms with Gasteiger partial charge in [-0.05, 0) is 55.4 Å². The van der Waals surface area contributed by atoms with Gasteiger partial charge >= 0.3 is 0 Å². The molecular formula is C23H35N3O. The zero-order valence-corrected chi connectivity index (χ0v) is 17.7. The molecule has 0 saturated carbocycles. The van der Waals surface area contributed by atoms with Gasteiger partial charge < -0.3 is 9.47 Å². The number of aromatic nitrogens is 2. The Morgan fingerprint density at radius 3 is 2.33 bits per heavy atom. The lowest BCUT2D eigenvalue weighted by molar-refractivity contribution is 0.0741. The second kappa shape index (κ2) is 9.72. The summed E-state index contributed by atoms with van der Waals surface area (Å²) in [6.45, 7) is 17.3. The largest absolute Gasteiger partial charge is 0.339 e. The lowest BCUT2D eigenvalue weighted by Crippen LogP contribution is -2.34. The van der Waals surface area contributed by atoms with E-state index in [4.69, 9.17) is 0 Å². The third-order valence-electron chi connectivity index (χ3n) is 4.89. The fourth-order valence-electron chi connectivity index (χ4n) is 3.21. The molecule has 0 saturated heterocycles. The van der Waals surface area contributed by atoms with Crippen molar-refractivity contribution >= 4 is 23.0 Å². The number of aryl methyl sites for hydroxylation is 1. The Kier molecular flexibility index (Phi) is 7.64. The lowest BCUT2D eigenvalue weighted by atomic mass is 10.1. The average molecular weight is 370 g/mol. The van der Waals surface area contributed by atoms with Crippen LogP contribution in [-0.4, -0.2) is 33.4 Å². The summed E-state index contributed by atoms with van der Waals surface area (Å²) < 4.78 is 2.16. The second-order valence-corrected chi connectivity index (χ2v) is 8.19. The Morgan fingerprint density at radius 1 is 1.19 bits per heavy atom. The van der Waals surface area contributed by atoms with Crippen LogP contribution in [0.15, 0.2) is 24.8 Å². The number of carbonyl (C=O) groups is 1. The van der Waals surface area contributed by atoms with Crippen molar-refractivity contribution in [3.05, 3.63) is 36.2 Å². The first-order valence-corrected chi connectivity index (χ1v) is 10.3. The van der Waals surface area contributed by atoms with Gasteiger partial charge in [-0.25, -0.2) is 4.98 Å². The van der Waals surface area contributed by atoms with Gasteiger partial charge in [0.05, 0.1) is 11.0 Å². The summed E-state index contributed by atoms with van der Waals surface area (Å²) in [7, 11) is 0. The van der Waals surface area contributed by atoms with Crippen molar-refractivity contribution in [1.29, 1.82) is 0 Å². The molecule has 2 rings (SSSR count). The van der Waals surface area contributed by atoms with Gasteiger partial charge in [-0.3, -0.25) is 4.79 Å². The molecule has 0 aliphatic rings. The van der Waals surface area contributed by atoms with Crippen LogP contribution in [0.25, 0.3) is 17.1 Å². The zero-order valence-electron chi connectivity index (χ0n) is 17.7. The Bertz CT molecular complexity index is 761. The molecule has 148 valence electrons. The molecule has 1 aromatic carbocycles. The third-order valence-corrected chi connectivity index (χ3v) is 4.89. The van der Waals surface area contributed by atoms with Gasteiger partial charge in [0.2, 0.25) is 0 Å². The van der Waals surface area contributed by atoms with Gasteiger partial charge in [0.25, 0.3) is 5.91 Å². The molecule has 0 aliphatic carbocycles. The predicted molar refractivity (Wildman–Crippen MR) is 115 cm³/mol. The van der Waals surface area contributed by atoms with Crippen molar-refractivity contribution in [2.45, 2.75) is 60.4 Å². The van der Waals surface area contributed by atoms with Gasteiger partial charge in [0, 0.05) is 25.2 Å². The van der Waals surface area contributed by atoms with Crippen molar-refractivity contribution < 1.29 is 4.79 Å². The normalized spacial score (nSPS) is 11.5. The summed E-state index contributed by atoms with van der Waals surface area (Å²) in [5, 5.41) is 0. The molecule has 0 bridgehead atoms. The Morgan fingerprint density at radius 2 is 1.81 bits per heavy atom. The molecule has 0 atom stereocenters. The number of amides is 1. The summed E-state index contributed by atoms with van der Waals surface area (Å²) in [6, 6.07) is 5.88. The zero-order chi connectivity index (χ0) is 20.0. The van der Waals surface area contributed by atoms with Crippen LogP contribution in [0.5, 0.6) is 0 Å². The van der Waals surface area contributed by atoms with E-state index in [1.165, 1.54) is 0 Å². The van der Waals surface area contributed by atoms with E-state index in [9.17, 15) is 4.79 Å². The Labute approximate surface area is 164 Å². The molecule has 27 heavy (non-hydrogen) atoms. The molecule has 0 fully saturated rings. The first kappa shape index (κ1) is 21.2. The number of hydrogen-bond donors (Lipinski definition) is 0. The topological polar surface area (TPSA) is 38.1 Å². The summed E-state index contributed by atoms with van der Waals surface area (Å²) in [6.07, 6.45) is 4.86. The summed E-state index contributed by atoms with van der Waals surface area (Å²) >= 11 is 0. The molecule has 0 radical (unpaired) electrons. The van der Waals surface area contributed by atoms with Crippen LogP contribution >= 0.6 is 0 Å². The molecule has 0 N–H and O–H groups in total. The Hall–Kier alpha value is -2.10. The molecule has 4 nitrogen and oxygen atoms in total. The molecule has 2 aromatic rings. The van der Waals surface area contributed by atoms with Crippen LogP contribution in [0.1, 0.15) is 70.1 Å². The van der Waals surface area contributed by atoms with Crippen molar-refractivity contribution in [2.24, 2.45) is 11.8 Å². The quantitative estimate of drug-likeness (QED) is 0.545. The maximum atomic E-state index is 13.2. The number of fused-ring (bicyclic) bond motifs is 1. The first-order valence-electron chi connectivity index (χ1n) is 10.3. The van der Waals surface area contributed by atoms with Crippen molar-refractivity contribution in [1.82, 2.24) is 14.5 Å². The smallest absolute Gasteiger partial charge is 0.253 e. The highest BCUT2D eigenvalue weighted by Gasteiger charge is 2.18. The van der Waals surface area contributed by atoms with Gasteiger partial charge in [0.15, 0.2) is 0 Å². The number of benzene rings is 1. The van der Waals surface area contributed by atoms with E-state index >= 15 is 0 Å². The second-order valence-electron chi connectivity index (χ2n) is 8.19. The number of hydrogen-bond acceptors (Lipinski definition) is 2. The Balaban J connectivity index is 2.34. The SMILES string of the molecule is C=Cc1nc2ccc(C(=O)N(CCC(C)C)CCC(C)C)cc2n1CCC. The van der Waals surface area contributed by atoms with Crippen LogP contribution in [0.3, 0.4) is 0 Å². The maximum Gasteiger partial charge on any atom is 0.253 e. The molecule has 0 unspecified atom stereocenters. The summed E-state index contributed by atoms with van der Waals surface area (Å²) in [5.41, 5.74) is 2.69. The molecule has 1 amide bonds. The fourth-order valence-corrected chi connectivity index (χ4v) is 3.21. The highest BCUT2D eigenvalue weighted by Crippen LogP contribution is 2.21. The van der Waals surface area contributed by atoms with E-state index in [2.05, 4.69) is 50.7 Å². The summed E-state index contributed by atoms with van der Waals surface area (Å²) in [5.74, 6) is 2.17. The van der Waals surface area contributed by atoms with E-state index in [1.807, 2.05) is 23.1 Å². The van der Waals surface area contributed by atoms with Crippen LogP contribution in [0.2, 0.25) is 0 Å². The van der Waals surface area contributed by atoms with Gasteiger partial charge in [-0.2, -0.15) is 0 Å². The van der Waals surface area contributed by atoms with E-state index in [0.717, 1.165) is 61.3 Å². The van der Waals surface area contributed by atoms with Gasteiger partial charge in [0.1, 0.15) is 5.82 Å². The van der Waals surface area contributed by atoms with Crippen LogP contribution in [0.4, 0.5) is 0 Å². The van der Waals surface area contributed by atoms with Crippen molar-refractivity contribution in [2.75, 3.05) is 13.1 Å². The number of carbonyl (C=O) groups excluding carboxylic acids is 1. The monoisotopic (exact) mass is 369 g/mol. The molecule has 0 spiro atoms. The first-order chi connectivity index (χ1) is 12.9. The highest BCUT2D eigenvalue weighted by molar-refractivity contribution is 5.97. The third kappa shape index (κ3) is 5.44. The molecule has 1 heterocycles. The van der Waals surface area contributed by atoms with E-state index < -0.39 is 0 Å². The lowest BCUT2D eigenvalue weighted by Gasteiger charge is -2.24. The minimum Gasteiger partial charge on any atom is -0.339 e. The molecular weight excluding hydrogens is 334 g/mol. The van der Waals surface area contributed by atoms with Crippen LogP contribution in [0, 0.1) is 11.8 Å². The van der Waals surface area contributed by atoms with Crippen LogP contribution in [-0.2, 0) is 6.54 Å². The summed E-state index contributed by atoms with van der Waals surface area (Å²) in [4.78, 5) is 19.9. The van der Waals surface area contributed by atoms with Gasteiger partial charge in [-0.1, -0.05) is 41.2 Å². The minimum absolute atomic E-state index is 0.127. The molecule has 1 aromatic heterocycles. The maximum absolute atomic E-state index is 13.2. The van der Waals surface area contributed by atoms with E-state index in [1.54, 1.807) is 6.08 Å². The molecule has 4 heteroatoms. The highest BCUT2D eigenvalue weighted by atomic mass is 16.2. The number of nitrogens with zero attached hydrogens (tertiary/aromatic N) is 3. The number of rotatable bonds is 10. The van der Waals surface area contributed by atoms with E-state index in [-0.39, 0.29) is 5.91 Å². The minimum atomic E-state index is 0.127. The number of imidazole rings is 1. The average Bonchev–Trinajstić information content (AvgIpc) is 2.98. The molecule has 0 aliphatic heterocycles. The van der Waals surface area contributed by atoms with Crippen LogP contribution < -0.4 is 0 Å². The van der Waals surface area contributed by atoms with Gasteiger partial charge in [-0.15, -0.1) is 0 Å². The fraction of sp³-hybridized carbons (Fsp3) is 0.565.